The minimum absolute atomic E-state index is 0. The summed E-state index contributed by atoms with van der Waals surface area (Å²) in [5, 5.41) is 0.379. The number of carbonyl (C=O) groups excluding carboxylic acids is 1. The van der Waals surface area contributed by atoms with Gasteiger partial charge in [-0.05, 0) is 50.5 Å². The maximum atomic E-state index is 14.2. The van der Waals surface area contributed by atoms with Crippen LogP contribution in [0.25, 0.3) is 10.2 Å². The van der Waals surface area contributed by atoms with Gasteiger partial charge in [0, 0.05) is 46.0 Å². The molecule has 0 N–H and O–H groups in total. The molecule has 0 bridgehead atoms. The van der Waals surface area contributed by atoms with Crippen molar-refractivity contribution in [2.75, 3.05) is 72.6 Å². The van der Waals surface area contributed by atoms with E-state index in [1.165, 1.54) is 65.1 Å². The predicted octanol–water partition coefficient (Wildman–Crippen LogP) is 3.35. The van der Waals surface area contributed by atoms with Crippen LogP contribution in [-0.2, 0) is 19.5 Å². The lowest BCUT2D eigenvalue weighted by Gasteiger charge is -2.23. The molecule has 0 unspecified atom stereocenters. The summed E-state index contributed by atoms with van der Waals surface area (Å²) in [6.07, 6.45) is 0. The van der Waals surface area contributed by atoms with Gasteiger partial charge in [0.1, 0.15) is 11.3 Å². The number of para-hydroxylation sites is 1. The van der Waals surface area contributed by atoms with Crippen molar-refractivity contribution < 1.29 is 27.1 Å². The van der Waals surface area contributed by atoms with Gasteiger partial charge in [0.05, 0.1) is 22.8 Å². The van der Waals surface area contributed by atoms with Crippen LogP contribution in [0.1, 0.15) is 10.4 Å². The number of halogens is 2. The molecular formula is C24H32ClFN4O5S2. The summed E-state index contributed by atoms with van der Waals surface area (Å²) < 4.78 is 52.6. The number of aromatic nitrogens is 1. The molecule has 0 fully saturated rings. The monoisotopic (exact) mass is 574 g/mol. The average Bonchev–Trinajstić information content (AvgIpc) is 3.29. The van der Waals surface area contributed by atoms with Gasteiger partial charge >= 0.3 is 0 Å². The highest BCUT2D eigenvalue weighted by atomic mass is 35.5. The van der Waals surface area contributed by atoms with Crippen LogP contribution in [-0.4, -0.2) is 96.2 Å². The zero-order valence-corrected chi connectivity index (χ0v) is 23.7. The first-order valence-electron chi connectivity index (χ1n) is 11.3. The number of thiazole rings is 1. The van der Waals surface area contributed by atoms with E-state index in [0.29, 0.717) is 28.5 Å². The van der Waals surface area contributed by atoms with E-state index in [2.05, 4.69) is 4.98 Å². The van der Waals surface area contributed by atoms with Gasteiger partial charge in [-0.3, -0.25) is 9.69 Å². The molecule has 0 radical (unpaired) electrons. The van der Waals surface area contributed by atoms with Gasteiger partial charge in [-0.2, -0.15) is 4.31 Å². The van der Waals surface area contributed by atoms with Crippen molar-refractivity contribution in [1.29, 1.82) is 0 Å². The van der Waals surface area contributed by atoms with Crippen molar-refractivity contribution in [1.82, 2.24) is 14.2 Å². The Morgan fingerprint density at radius 3 is 2.14 bits per heavy atom. The van der Waals surface area contributed by atoms with Gasteiger partial charge in [0.25, 0.3) is 5.91 Å². The van der Waals surface area contributed by atoms with Gasteiger partial charge < -0.3 is 14.4 Å². The minimum Gasteiger partial charge on any atom is -0.383 e. The normalized spacial score (nSPS) is 11.8. The van der Waals surface area contributed by atoms with Gasteiger partial charge in [-0.25, -0.2) is 17.8 Å². The van der Waals surface area contributed by atoms with Crippen LogP contribution < -0.4 is 4.90 Å². The fourth-order valence-electron chi connectivity index (χ4n) is 3.42. The van der Waals surface area contributed by atoms with E-state index >= 15 is 0 Å². The lowest BCUT2D eigenvalue weighted by molar-refractivity contribution is 0.0985. The highest BCUT2D eigenvalue weighted by Gasteiger charge is 2.26. The summed E-state index contributed by atoms with van der Waals surface area (Å²) in [4.78, 5) is 21.4. The number of amides is 1. The summed E-state index contributed by atoms with van der Waals surface area (Å²) in [5.74, 6) is -0.799. The van der Waals surface area contributed by atoms with Crippen molar-refractivity contribution >= 4 is 55.0 Å². The van der Waals surface area contributed by atoms with Crippen molar-refractivity contribution in [2.24, 2.45) is 0 Å². The summed E-state index contributed by atoms with van der Waals surface area (Å²) in [6, 6.07) is 10.5. The Labute approximate surface area is 227 Å². The number of ether oxygens (including phenoxy) is 2. The molecule has 0 saturated heterocycles. The van der Waals surface area contributed by atoms with Crippen LogP contribution in [0.15, 0.2) is 47.4 Å². The molecule has 3 aromatic rings. The van der Waals surface area contributed by atoms with Gasteiger partial charge in [-0.15, -0.1) is 12.4 Å². The molecule has 0 spiro atoms. The van der Waals surface area contributed by atoms with Crippen molar-refractivity contribution in [3.05, 3.63) is 53.8 Å². The second-order valence-corrected chi connectivity index (χ2v) is 11.2. The van der Waals surface area contributed by atoms with E-state index < -0.39 is 15.8 Å². The molecule has 0 atom stereocenters. The van der Waals surface area contributed by atoms with Gasteiger partial charge in [0.15, 0.2) is 5.13 Å². The van der Waals surface area contributed by atoms with Crippen molar-refractivity contribution in [3.8, 4) is 0 Å². The van der Waals surface area contributed by atoms with E-state index in [-0.39, 0.29) is 55.0 Å². The SMILES string of the molecule is COCCN(CCOC)S(=O)(=O)c1ccc(C(=O)N(CCN(C)C)c2nc3c(F)cccc3s2)cc1.Cl. The quantitative estimate of drug-likeness (QED) is 0.309. The number of rotatable bonds is 13. The fourth-order valence-corrected chi connectivity index (χ4v) is 5.83. The maximum Gasteiger partial charge on any atom is 0.260 e. The molecular weight excluding hydrogens is 543 g/mol. The smallest absolute Gasteiger partial charge is 0.260 e. The minimum atomic E-state index is -3.81. The summed E-state index contributed by atoms with van der Waals surface area (Å²) in [6.45, 7) is 1.72. The Morgan fingerprint density at radius 2 is 1.59 bits per heavy atom. The number of carbonyl (C=O) groups is 1. The van der Waals surface area contributed by atoms with E-state index in [4.69, 9.17) is 9.47 Å². The molecule has 1 heterocycles. The third kappa shape index (κ3) is 7.66. The molecule has 2 aromatic carbocycles. The average molecular weight is 575 g/mol. The van der Waals surface area contributed by atoms with E-state index in [1.54, 1.807) is 12.1 Å². The second kappa shape index (κ2) is 14.1. The lowest BCUT2D eigenvalue weighted by Crippen LogP contribution is -2.37. The number of fused-ring (bicyclic) bond motifs is 1. The number of anilines is 1. The molecule has 1 amide bonds. The highest BCUT2D eigenvalue weighted by Crippen LogP contribution is 2.31. The third-order valence-electron chi connectivity index (χ3n) is 5.43. The number of hydrogen-bond donors (Lipinski definition) is 0. The topological polar surface area (TPSA) is 92.3 Å². The first-order valence-corrected chi connectivity index (χ1v) is 13.5. The molecule has 37 heavy (non-hydrogen) atoms. The Morgan fingerprint density at radius 1 is 0.973 bits per heavy atom. The van der Waals surface area contributed by atoms with Gasteiger partial charge in [-0.1, -0.05) is 17.4 Å². The zero-order chi connectivity index (χ0) is 26.3. The molecule has 3 rings (SSSR count). The van der Waals surface area contributed by atoms with Crippen LogP contribution in [0, 0.1) is 5.82 Å². The molecule has 13 heteroatoms. The number of likely N-dealkylation sites (N-methyl/N-ethyl adjacent to an activating group) is 1. The number of nitrogens with zero attached hydrogens (tertiary/aromatic N) is 4. The van der Waals surface area contributed by atoms with Crippen molar-refractivity contribution in [2.45, 2.75) is 4.90 Å². The first-order chi connectivity index (χ1) is 17.2. The molecule has 204 valence electrons. The van der Waals surface area contributed by atoms with Crippen LogP contribution in [0.4, 0.5) is 9.52 Å². The molecule has 1 aromatic heterocycles. The second-order valence-electron chi connectivity index (χ2n) is 8.26. The fraction of sp³-hybridized carbons (Fsp3) is 0.417. The number of sulfonamides is 1. The Kier molecular flexibility index (Phi) is 11.8. The molecule has 9 nitrogen and oxygen atoms in total. The van der Waals surface area contributed by atoms with Gasteiger partial charge in [0.2, 0.25) is 10.0 Å². The number of hydrogen-bond acceptors (Lipinski definition) is 8. The Hall–Kier alpha value is -2.19. The van der Waals surface area contributed by atoms with Crippen molar-refractivity contribution in [3.63, 3.8) is 0 Å². The lowest BCUT2D eigenvalue weighted by atomic mass is 10.2. The Balaban J connectivity index is 0.00000481. The maximum absolute atomic E-state index is 14.2. The Bertz CT molecular complexity index is 1260. The first kappa shape index (κ1) is 31.0. The third-order valence-corrected chi connectivity index (χ3v) is 8.39. The highest BCUT2D eigenvalue weighted by molar-refractivity contribution is 7.89. The van der Waals surface area contributed by atoms with Crippen LogP contribution in [0.3, 0.4) is 0 Å². The molecule has 0 aliphatic heterocycles. The van der Waals surface area contributed by atoms with Crippen LogP contribution in [0.2, 0.25) is 0 Å². The van der Waals surface area contributed by atoms with Crippen LogP contribution >= 0.6 is 23.7 Å². The van der Waals surface area contributed by atoms with E-state index in [0.717, 1.165) is 0 Å². The predicted molar refractivity (Wildman–Crippen MR) is 146 cm³/mol. The number of benzene rings is 2. The largest absolute Gasteiger partial charge is 0.383 e. The standard InChI is InChI=1S/C24H31FN4O5S2.ClH/c1-27(2)12-13-29(24-26-22-20(25)6-5-7-21(22)35-24)23(30)18-8-10-19(11-9-18)36(31,32)28(14-16-33-3)15-17-34-4;/h5-11H,12-17H2,1-4H3;1H. The van der Waals surface area contributed by atoms with Crippen LogP contribution in [0.5, 0.6) is 0 Å². The van der Waals surface area contributed by atoms with E-state index in [9.17, 15) is 17.6 Å². The molecule has 0 aliphatic carbocycles. The molecule has 0 aliphatic rings. The zero-order valence-electron chi connectivity index (χ0n) is 21.2. The molecule has 0 saturated carbocycles. The van der Waals surface area contributed by atoms with E-state index in [1.807, 2.05) is 19.0 Å². The summed E-state index contributed by atoms with van der Waals surface area (Å²) in [7, 11) is 2.97. The number of methoxy groups -OCH3 is 2. The summed E-state index contributed by atoms with van der Waals surface area (Å²) >= 11 is 1.23. The summed E-state index contributed by atoms with van der Waals surface area (Å²) in [5.41, 5.74) is 0.515.